The standard InChI is InChI=1S/C9H9BrO4/c1-13-5-14-9-6(4-11)2-7(12)3-8(9)10/h2-4,12H,5H2,1H3. The average molecular weight is 261 g/mol. The van der Waals surface area contributed by atoms with Gasteiger partial charge in [0, 0.05) is 7.11 Å². The van der Waals surface area contributed by atoms with Gasteiger partial charge in [-0.15, -0.1) is 0 Å². The van der Waals surface area contributed by atoms with Gasteiger partial charge in [-0.3, -0.25) is 4.79 Å². The van der Waals surface area contributed by atoms with E-state index in [-0.39, 0.29) is 18.1 Å². The number of hydrogen-bond acceptors (Lipinski definition) is 4. The molecule has 0 amide bonds. The van der Waals surface area contributed by atoms with E-state index in [0.717, 1.165) is 0 Å². The number of carbonyl (C=O) groups is 1. The van der Waals surface area contributed by atoms with Gasteiger partial charge < -0.3 is 14.6 Å². The van der Waals surface area contributed by atoms with Crippen LogP contribution in [0.4, 0.5) is 0 Å². The van der Waals surface area contributed by atoms with Crippen molar-refractivity contribution in [1.29, 1.82) is 0 Å². The summed E-state index contributed by atoms with van der Waals surface area (Å²) in [6.07, 6.45) is 0.607. The van der Waals surface area contributed by atoms with E-state index in [0.29, 0.717) is 16.5 Å². The number of hydrogen-bond donors (Lipinski definition) is 1. The Hall–Kier alpha value is -1.07. The Morgan fingerprint density at radius 3 is 2.86 bits per heavy atom. The summed E-state index contributed by atoms with van der Waals surface area (Å²) in [6, 6.07) is 2.76. The molecule has 0 atom stereocenters. The summed E-state index contributed by atoms with van der Waals surface area (Å²) in [5.74, 6) is 0.364. The van der Waals surface area contributed by atoms with Crippen molar-refractivity contribution < 1.29 is 19.4 Å². The summed E-state index contributed by atoms with van der Waals surface area (Å²) in [7, 11) is 1.48. The van der Waals surface area contributed by atoms with Crippen LogP contribution in [0, 0.1) is 0 Å². The molecule has 0 aliphatic rings. The lowest BCUT2D eigenvalue weighted by atomic mass is 10.2. The molecule has 1 rings (SSSR count). The number of benzene rings is 1. The summed E-state index contributed by atoms with van der Waals surface area (Å²) in [5, 5.41) is 9.20. The number of rotatable bonds is 4. The molecule has 1 aromatic carbocycles. The first-order valence-corrected chi connectivity index (χ1v) is 4.57. The van der Waals surface area contributed by atoms with Crippen LogP contribution >= 0.6 is 15.9 Å². The quantitative estimate of drug-likeness (QED) is 0.664. The number of methoxy groups -OCH3 is 1. The minimum absolute atomic E-state index is 0.00346. The Balaban J connectivity index is 3.05. The Bertz CT molecular complexity index is 338. The van der Waals surface area contributed by atoms with Crippen molar-refractivity contribution in [1.82, 2.24) is 0 Å². The molecule has 0 aromatic heterocycles. The molecule has 14 heavy (non-hydrogen) atoms. The minimum Gasteiger partial charge on any atom is -0.508 e. The first-order chi connectivity index (χ1) is 6.69. The van der Waals surface area contributed by atoms with Crippen LogP contribution in [0.2, 0.25) is 0 Å². The molecule has 5 heteroatoms. The molecule has 0 aliphatic heterocycles. The highest BCUT2D eigenvalue weighted by molar-refractivity contribution is 9.10. The number of carbonyl (C=O) groups excluding carboxylic acids is 1. The number of halogens is 1. The van der Waals surface area contributed by atoms with Crippen molar-refractivity contribution in [2.75, 3.05) is 13.9 Å². The van der Waals surface area contributed by atoms with Gasteiger partial charge in [0.1, 0.15) is 11.5 Å². The molecule has 0 saturated heterocycles. The smallest absolute Gasteiger partial charge is 0.188 e. The molecule has 4 nitrogen and oxygen atoms in total. The van der Waals surface area contributed by atoms with Crippen molar-refractivity contribution in [3.05, 3.63) is 22.2 Å². The van der Waals surface area contributed by atoms with Crippen molar-refractivity contribution in [3.8, 4) is 11.5 Å². The maximum atomic E-state index is 10.6. The van der Waals surface area contributed by atoms with Crippen LogP contribution in [0.25, 0.3) is 0 Å². The summed E-state index contributed by atoms with van der Waals surface area (Å²) >= 11 is 3.17. The van der Waals surface area contributed by atoms with Crippen LogP contribution in [0.15, 0.2) is 16.6 Å². The van der Waals surface area contributed by atoms with Crippen LogP contribution < -0.4 is 4.74 Å². The van der Waals surface area contributed by atoms with Crippen LogP contribution in [-0.4, -0.2) is 25.3 Å². The minimum atomic E-state index is 0.00346. The van der Waals surface area contributed by atoms with Crippen LogP contribution in [-0.2, 0) is 4.74 Å². The van der Waals surface area contributed by atoms with Gasteiger partial charge in [0.15, 0.2) is 13.1 Å². The van der Waals surface area contributed by atoms with E-state index < -0.39 is 0 Å². The molecule has 0 spiro atoms. The molecule has 0 unspecified atom stereocenters. The Morgan fingerprint density at radius 1 is 1.57 bits per heavy atom. The fourth-order valence-electron chi connectivity index (χ4n) is 0.957. The maximum absolute atomic E-state index is 10.6. The highest BCUT2D eigenvalue weighted by Crippen LogP contribution is 2.32. The van der Waals surface area contributed by atoms with Gasteiger partial charge in [0.25, 0.3) is 0 Å². The average Bonchev–Trinajstić information content (AvgIpc) is 2.15. The van der Waals surface area contributed by atoms with Gasteiger partial charge in [-0.25, -0.2) is 0 Å². The second kappa shape index (κ2) is 4.97. The molecule has 0 saturated carbocycles. The van der Waals surface area contributed by atoms with E-state index in [1.165, 1.54) is 19.2 Å². The molecule has 0 heterocycles. The Kier molecular flexibility index (Phi) is 3.91. The van der Waals surface area contributed by atoms with Gasteiger partial charge in [-0.2, -0.15) is 0 Å². The molecule has 1 aromatic rings. The van der Waals surface area contributed by atoms with Crippen molar-refractivity contribution in [2.45, 2.75) is 0 Å². The fraction of sp³-hybridized carbons (Fsp3) is 0.222. The fourth-order valence-corrected chi connectivity index (χ4v) is 1.54. The Morgan fingerprint density at radius 2 is 2.29 bits per heavy atom. The zero-order chi connectivity index (χ0) is 10.6. The van der Waals surface area contributed by atoms with Crippen molar-refractivity contribution in [2.24, 2.45) is 0 Å². The molecule has 0 radical (unpaired) electrons. The molecule has 0 bridgehead atoms. The van der Waals surface area contributed by atoms with Gasteiger partial charge in [0.05, 0.1) is 10.0 Å². The van der Waals surface area contributed by atoms with E-state index in [9.17, 15) is 9.90 Å². The third-order valence-electron chi connectivity index (χ3n) is 1.51. The van der Waals surface area contributed by atoms with Gasteiger partial charge >= 0.3 is 0 Å². The molecular weight excluding hydrogens is 252 g/mol. The molecule has 1 N–H and O–H groups in total. The van der Waals surface area contributed by atoms with Crippen molar-refractivity contribution in [3.63, 3.8) is 0 Å². The highest BCUT2D eigenvalue weighted by Gasteiger charge is 2.09. The van der Waals surface area contributed by atoms with E-state index >= 15 is 0 Å². The first kappa shape index (κ1) is 11.0. The van der Waals surface area contributed by atoms with Crippen molar-refractivity contribution >= 4 is 22.2 Å². The largest absolute Gasteiger partial charge is 0.508 e. The summed E-state index contributed by atoms with van der Waals surface area (Å²) in [4.78, 5) is 10.6. The predicted octanol–water partition coefficient (Wildman–Crippen LogP) is 1.95. The third-order valence-corrected chi connectivity index (χ3v) is 2.09. The third kappa shape index (κ3) is 2.46. The van der Waals surface area contributed by atoms with Crippen LogP contribution in [0.1, 0.15) is 10.4 Å². The predicted molar refractivity (Wildman–Crippen MR) is 53.7 cm³/mol. The molecule has 0 aliphatic carbocycles. The molecule has 0 fully saturated rings. The van der Waals surface area contributed by atoms with E-state index in [4.69, 9.17) is 9.47 Å². The summed E-state index contributed by atoms with van der Waals surface area (Å²) < 4.78 is 10.4. The normalized spacial score (nSPS) is 9.86. The van der Waals surface area contributed by atoms with Crippen LogP contribution in [0.3, 0.4) is 0 Å². The zero-order valence-corrected chi connectivity index (χ0v) is 9.08. The van der Waals surface area contributed by atoms with E-state index in [1.807, 2.05) is 0 Å². The number of phenols is 1. The lowest BCUT2D eigenvalue weighted by Crippen LogP contribution is -2.02. The van der Waals surface area contributed by atoms with Gasteiger partial charge in [-0.1, -0.05) is 0 Å². The molecular formula is C9H9BrO4. The van der Waals surface area contributed by atoms with Gasteiger partial charge in [-0.05, 0) is 28.1 Å². The topological polar surface area (TPSA) is 55.8 Å². The summed E-state index contributed by atoms with van der Waals surface area (Å²) in [5.41, 5.74) is 0.272. The highest BCUT2D eigenvalue weighted by atomic mass is 79.9. The lowest BCUT2D eigenvalue weighted by Gasteiger charge is -2.09. The lowest BCUT2D eigenvalue weighted by molar-refractivity contribution is 0.0499. The monoisotopic (exact) mass is 260 g/mol. The SMILES string of the molecule is COCOc1c(Br)cc(O)cc1C=O. The Labute approximate surface area is 89.6 Å². The maximum Gasteiger partial charge on any atom is 0.188 e. The van der Waals surface area contributed by atoms with Gasteiger partial charge in [0.2, 0.25) is 0 Å². The number of ether oxygens (including phenoxy) is 2. The number of aldehydes is 1. The van der Waals surface area contributed by atoms with Crippen LogP contribution in [0.5, 0.6) is 11.5 Å². The second-order valence-electron chi connectivity index (χ2n) is 2.51. The number of phenolic OH excluding ortho intramolecular Hbond substituents is 1. The second-order valence-corrected chi connectivity index (χ2v) is 3.37. The molecule has 76 valence electrons. The zero-order valence-electron chi connectivity index (χ0n) is 7.49. The summed E-state index contributed by atoms with van der Waals surface area (Å²) in [6.45, 7) is 0.0458. The number of aromatic hydroxyl groups is 1. The first-order valence-electron chi connectivity index (χ1n) is 3.78. The van der Waals surface area contributed by atoms with E-state index in [2.05, 4.69) is 15.9 Å². The van der Waals surface area contributed by atoms with E-state index in [1.54, 1.807) is 0 Å².